The van der Waals surface area contributed by atoms with Gasteiger partial charge >= 0.3 is 0 Å². The summed E-state index contributed by atoms with van der Waals surface area (Å²) >= 11 is 0. The third-order valence-electron chi connectivity index (χ3n) is 5.53. The summed E-state index contributed by atoms with van der Waals surface area (Å²) < 4.78 is 7.01. The van der Waals surface area contributed by atoms with Crippen molar-refractivity contribution in [3.05, 3.63) is 89.4 Å². The van der Waals surface area contributed by atoms with E-state index in [1.807, 2.05) is 31.3 Å². The molecule has 0 bridgehead atoms. The molecule has 34 heavy (non-hydrogen) atoms. The number of amides is 2. The number of methoxy groups -OCH3 is 1. The van der Waals surface area contributed by atoms with Gasteiger partial charge in [-0.2, -0.15) is 5.10 Å². The number of pyridine rings is 1. The van der Waals surface area contributed by atoms with Crippen molar-refractivity contribution in [2.75, 3.05) is 34.3 Å². The minimum atomic E-state index is -0.264. The number of benzene rings is 1. The molecule has 0 saturated heterocycles. The third kappa shape index (κ3) is 4.83. The highest BCUT2D eigenvalue weighted by Gasteiger charge is 2.18. The Balaban J connectivity index is 1.43. The van der Waals surface area contributed by atoms with E-state index in [1.165, 1.54) is 13.3 Å². The predicted octanol–water partition coefficient (Wildman–Crippen LogP) is 2.28. The van der Waals surface area contributed by atoms with Gasteiger partial charge in [-0.25, -0.2) is 9.67 Å². The zero-order chi connectivity index (χ0) is 24.1. The van der Waals surface area contributed by atoms with Gasteiger partial charge in [0.25, 0.3) is 11.8 Å². The van der Waals surface area contributed by atoms with Crippen molar-refractivity contribution in [2.45, 2.75) is 0 Å². The van der Waals surface area contributed by atoms with Crippen molar-refractivity contribution in [1.29, 1.82) is 0 Å². The molecule has 9 nitrogen and oxygen atoms in total. The van der Waals surface area contributed by atoms with Crippen molar-refractivity contribution in [2.24, 2.45) is 0 Å². The average molecular weight is 459 g/mol. The Hall–Kier alpha value is -4.40. The molecule has 0 spiro atoms. The minimum absolute atomic E-state index is 0.113. The number of likely N-dealkylation sites (N-methyl/N-ethyl adjacent to an activating group) is 1. The van der Waals surface area contributed by atoms with Crippen LogP contribution in [0.25, 0.3) is 11.5 Å². The Morgan fingerprint density at radius 1 is 1.15 bits per heavy atom. The molecule has 2 amide bonds. The number of aromatic nitrogens is 3. The second kappa shape index (κ2) is 10.0. The molecule has 1 aliphatic rings. The Labute approximate surface area is 197 Å². The largest absolute Gasteiger partial charge is 0.496 e. The summed E-state index contributed by atoms with van der Waals surface area (Å²) in [5.41, 5.74) is 4.09. The molecular formula is C25H26N6O3. The summed E-state index contributed by atoms with van der Waals surface area (Å²) in [6, 6.07) is 10.9. The fourth-order valence-corrected chi connectivity index (χ4v) is 3.72. The highest BCUT2D eigenvalue weighted by atomic mass is 16.5. The van der Waals surface area contributed by atoms with E-state index in [1.54, 1.807) is 48.4 Å². The van der Waals surface area contributed by atoms with Crippen LogP contribution in [0.2, 0.25) is 0 Å². The normalized spacial score (nSPS) is 13.1. The van der Waals surface area contributed by atoms with E-state index in [0.717, 1.165) is 16.8 Å². The lowest BCUT2D eigenvalue weighted by Crippen LogP contribution is -2.31. The molecule has 3 heterocycles. The molecule has 174 valence electrons. The van der Waals surface area contributed by atoms with Crippen LogP contribution >= 0.6 is 0 Å². The zero-order valence-electron chi connectivity index (χ0n) is 19.3. The minimum Gasteiger partial charge on any atom is -0.496 e. The second-order valence-electron chi connectivity index (χ2n) is 7.77. The molecule has 0 radical (unpaired) electrons. The fraction of sp³-hybridized carbons (Fsp3) is 0.200. The van der Waals surface area contributed by atoms with Gasteiger partial charge in [-0.05, 0) is 35.4 Å². The Kier molecular flexibility index (Phi) is 6.72. The number of carbonyl (C=O) groups excluding carboxylic acids is 2. The molecular weight excluding hydrogens is 432 g/mol. The topological polar surface area (TPSA) is 101 Å². The SMILES string of the molecule is CNC(=O)c1ccc(C2=CC=C(CNC(=O)c3cnc(-n4cccn4)cc3OC)CN2C)cc1. The van der Waals surface area contributed by atoms with Crippen LogP contribution in [0.15, 0.2) is 72.7 Å². The number of hydrogen-bond acceptors (Lipinski definition) is 6. The van der Waals surface area contributed by atoms with E-state index in [9.17, 15) is 9.59 Å². The van der Waals surface area contributed by atoms with Gasteiger partial charge in [0.2, 0.25) is 0 Å². The van der Waals surface area contributed by atoms with Crippen molar-refractivity contribution in [3.63, 3.8) is 0 Å². The van der Waals surface area contributed by atoms with E-state index in [4.69, 9.17) is 4.74 Å². The van der Waals surface area contributed by atoms with Crippen LogP contribution in [0.4, 0.5) is 0 Å². The number of nitrogens with one attached hydrogen (secondary N) is 2. The first-order valence-corrected chi connectivity index (χ1v) is 10.8. The van der Waals surface area contributed by atoms with E-state index in [0.29, 0.717) is 35.8 Å². The number of ether oxygens (including phenoxy) is 1. The van der Waals surface area contributed by atoms with Crippen LogP contribution in [-0.2, 0) is 0 Å². The zero-order valence-corrected chi connectivity index (χ0v) is 19.3. The highest BCUT2D eigenvalue weighted by Crippen LogP contribution is 2.24. The van der Waals surface area contributed by atoms with E-state index < -0.39 is 0 Å². The molecule has 0 saturated carbocycles. The summed E-state index contributed by atoms with van der Waals surface area (Å²) in [6.45, 7) is 1.06. The third-order valence-corrected chi connectivity index (χ3v) is 5.53. The maximum absolute atomic E-state index is 12.8. The molecule has 9 heteroatoms. The first kappa shape index (κ1) is 22.8. The molecule has 2 aromatic heterocycles. The quantitative estimate of drug-likeness (QED) is 0.563. The van der Waals surface area contributed by atoms with Crippen molar-refractivity contribution >= 4 is 17.5 Å². The lowest BCUT2D eigenvalue weighted by Gasteiger charge is -2.27. The summed E-state index contributed by atoms with van der Waals surface area (Å²) in [4.78, 5) is 31.0. The molecule has 0 fully saturated rings. The van der Waals surface area contributed by atoms with Crippen LogP contribution in [-0.4, -0.2) is 65.8 Å². The molecule has 2 N–H and O–H groups in total. The van der Waals surface area contributed by atoms with Gasteiger partial charge < -0.3 is 20.3 Å². The Morgan fingerprint density at radius 2 is 1.94 bits per heavy atom. The molecule has 0 unspecified atom stereocenters. The summed E-state index contributed by atoms with van der Waals surface area (Å²) in [7, 11) is 5.13. The standard InChI is InChI=1S/C25H26N6O3/c1-26-24(32)19-8-6-18(7-9-19)21-10-5-17(16-30(21)2)14-28-25(33)20-15-27-23(13-22(20)34-3)31-12-4-11-29-31/h4-13,15H,14,16H2,1-3H3,(H,26,32)(H,28,33). The van der Waals surface area contributed by atoms with Crippen molar-refractivity contribution in [1.82, 2.24) is 30.3 Å². The number of hydrogen-bond donors (Lipinski definition) is 2. The second-order valence-corrected chi connectivity index (χ2v) is 7.77. The summed E-state index contributed by atoms with van der Waals surface area (Å²) in [5.74, 6) is 0.615. The van der Waals surface area contributed by atoms with Crippen LogP contribution in [0.3, 0.4) is 0 Å². The molecule has 1 aromatic carbocycles. The van der Waals surface area contributed by atoms with Crippen molar-refractivity contribution in [3.8, 4) is 11.6 Å². The summed E-state index contributed by atoms with van der Waals surface area (Å²) in [6.07, 6.45) is 8.95. The van der Waals surface area contributed by atoms with Gasteiger partial charge in [-0.3, -0.25) is 9.59 Å². The first-order chi connectivity index (χ1) is 16.5. The van der Waals surface area contributed by atoms with Gasteiger partial charge in [-0.15, -0.1) is 0 Å². The smallest absolute Gasteiger partial charge is 0.256 e. The Bertz CT molecular complexity index is 1250. The van der Waals surface area contributed by atoms with Gasteiger partial charge in [0.05, 0.1) is 12.7 Å². The van der Waals surface area contributed by atoms with Crippen LogP contribution < -0.4 is 15.4 Å². The molecule has 4 rings (SSSR count). The number of carbonyl (C=O) groups is 2. The number of allylic oxidation sites excluding steroid dienone is 2. The maximum atomic E-state index is 12.8. The Morgan fingerprint density at radius 3 is 2.59 bits per heavy atom. The summed E-state index contributed by atoms with van der Waals surface area (Å²) in [5, 5.41) is 9.72. The predicted molar refractivity (Wildman–Crippen MR) is 129 cm³/mol. The lowest BCUT2D eigenvalue weighted by atomic mass is 10.0. The van der Waals surface area contributed by atoms with E-state index >= 15 is 0 Å². The highest BCUT2D eigenvalue weighted by molar-refractivity contribution is 5.97. The molecule has 1 aliphatic heterocycles. The van der Waals surface area contributed by atoms with Crippen molar-refractivity contribution < 1.29 is 14.3 Å². The van der Waals surface area contributed by atoms with Gasteiger partial charge in [0.1, 0.15) is 5.75 Å². The van der Waals surface area contributed by atoms with Crippen LogP contribution in [0, 0.1) is 0 Å². The number of nitrogens with zero attached hydrogens (tertiary/aromatic N) is 4. The van der Waals surface area contributed by atoms with Gasteiger partial charge in [-0.1, -0.05) is 18.2 Å². The fourth-order valence-electron chi connectivity index (χ4n) is 3.72. The monoisotopic (exact) mass is 458 g/mol. The van der Waals surface area contributed by atoms with Crippen LogP contribution in [0.1, 0.15) is 26.3 Å². The maximum Gasteiger partial charge on any atom is 0.256 e. The van der Waals surface area contributed by atoms with E-state index in [2.05, 4.69) is 25.6 Å². The molecule has 0 atom stereocenters. The lowest BCUT2D eigenvalue weighted by molar-refractivity contribution is 0.0948. The molecule has 3 aromatic rings. The average Bonchev–Trinajstić information content (AvgIpc) is 3.42. The van der Waals surface area contributed by atoms with E-state index in [-0.39, 0.29) is 11.8 Å². The van der Waals surface area contributed by atoms with Gasteiger partial charge in [0, 0.05) is 63.1 Å². The van der Waals surface area contributed by atoms with Gasteiger partial charge in [0.15, 0.2) is 5.82 Å². The van der Waals surface area contributed by atoms with Crippen LogP contribution in [0.5, 0.6) is 5.75 Å². The number of rotatable bonds is 7. The molecule has 0 aliphatic carbocycles. The first-order valence-electron chi connectivity index (χ1n) is 10.8.